The van der Waals surface area contributed by atoms with Crippen LogP contribution >= 0.6 is 15.9 Å². The molecule has 1 aromatic carbocycles. The van der Waals surface area contributed by atoms with Gasteiger partial charge in [-0.1, -0.05) is 34.5 Å². The first kappa shape index (κ1) is 12.6. The van der Waals surface area contributed by atoms with Crippen molar-refractivity contribution < 1.29 is 5.11 Å². The largest absolute Gasteiger partial charge is 0.396 e. The molecule has 2 aliphatic carbocycles. The van der Waals surface area contributed by atoms with E-state index in [-0.39, 0.29) is 0 Å². The highest BCUT2D eigenvalue weighted by Crippen LogP contribution is 2.37. The smallest absolute Gasteiger partial charge is 0.0474 e. The fraction of sp³-hybridized carbons (Fsp3) is 0.600. The van der Waals surface area contributed by atoms with Crippen LogP contribution < -0.4 is 5.32 Å². The first-order valence-corrected chi connectivity index (χ1v) is 7.73. The average molecular weight is 310 g/mol. The summed E-state index contributed by atoms with van der Waals surface area (Å²) in [5.41, 5.74) is 2.92. The van der Waals surface area contributed by atoms with Gasteiger partial charge < -0.3 is 10.4 Å². The molecule has 3 atom stereocenters. The van der Waals surface area contributed by atoms with Crippen LogP contribution in [0.2, 0.25) is 0 Å². The number of benzene rings is 1. The molecule has 0 saturated heterocycles. The third-order valence-electron chi connectivity index (χ3n) is 4.52. The Labute approximate surface area is 117 Å². The Morgan fingerprint density at radius 2 is 2.17 bits per heavy atom. The van der Waals surface area contributed by atoms with Gasteiger partial charge in [-0.05, 0) is 48.8 Å². The number of hydrogen-bond donors (Lipinski definition) is 2. The maximum absolute atomic E-state index is 9.40. The van der Waals surface area contributed by atoms with Crippen LogP contribution in [-0.2, 0) is 6.42 Å². The van der Waals surface area contributed by atoms with Gasteiger partial charge in [0, 0.05) is 23.2 Å². The summed E-state index contributed by atoms with van der Waals surface area (Å²) in [6, 6.07) is 7.49. The van der Waals surface area contributed by atoms with Gasteiger partial charge in [-0.25, -0.2) is 0 Å². The third-order valence-corrected chi connectivity index (χ3v) is 5.27. The normalized spacial score (nSPS) is 30.7. The molecule has 0 heterocycles. The Balaban J connectivity index is 1.75. The van der Waals surface area contributed by atoms with Crippen molar-refractivity contribution in [3.05, 3.63) is 33.8 Å². The number of fused-ring (bicyclic) bond motifs is 1. The fourth-order valence-corrected chi connectivity index (χ4v) is 4.10. The van der Waals surface area contributed by atoms with Crippen LogP contribution in [0, 0.1) is 5.92 Å². The van der Waals surface area contributed by atoms with Crippen LogP contribution in [0.25, 0.3) is 0 Å². The van der Waals surface area contributed by atoms with Gasteiger partial charge in [0.05, 0.1) is 0 Å². The molecule has 2 nitrogen and oxygen atoms in total. The molecule has 98 valence electrons. The summed E-state index contributed by atoms with van der Waals surface area (Å²) in [6.07, 6.45) is 5.98. The topological polar surface area (TPSA) is 32.3 Å². The van der Waals surface area contributed by atoms with E-state index in [2.05, 4.69) is 39.4 Å². The van der Waals surface area contributed by atoms with Crippen LogP contribution in [0.3, 0.4) is 0 Å². The Morgan fingerprint density at radius 3 is 3.00 bits per heavy atom. The van der Waals surface area contributed by atoms with E-state index in [1.807, 2.05) is 0 Å². The number of halogens is 1. The molecule has 3 rings (SSSR count). The molecule has 2 aliphatic rings. The molecule has 0 amide bonds. The van der Waals surface area contributed by atoms with E-state index in [0.29, 0.717) is 24.6 Å². The predicted molar refractivity (Wildman–Crippen MR) is 76.6 cm³/mol. The van der Waals surface area contributed by atoms with E-state index in [1.54, 1.807) is 0 Å². The van der Waals surface area contributed by atoms with Crippen LogP contribution in [0.1, 0.15) is 42.9 Å². The Kier molecular flexibility index (Phi) is 3.73. The molecule has 1 aromatic rings. The molecule has 3 heteroatoms. The van der Waals surface area contributed by atoms with Gasteiger partial charge in [0.1, 0.15) is 0 Å². The van der Waals surface area contributed by atoms with E-state index in [4.69, 9.17) is 0 Å². The van der Waals surface area contributed by atoms with Crippen LogP contribution in [0.5, 0.6) is 0 Å². The summed E-state index contributed by atoms with van der Waals surface area (Å²) in [4.78, 5) is 0. The van der Waals surface area contributed by atoms with Crippen molar-refractivity contribution in [2.24, 2.45) is 5.92 Å². The minimum atomic E-state index is 0.329. The summed E-state index contributed by atoms with van der Waals surface area (Å²) < 4.78 is 1.24. The third kappa shape index (κ3) is 2.24. The zero-order valence-corrected chi connectivity index (χ0v) is 12.1. The lowest BCUT2D eigenvalue weighted by molar-refractivity contribution is 0.199. The van der Waals surface area contributed by atoms with Crippen molar-refractivity contribution in [1.82, 2.24) is 5.32 Å². The van der Waals surface area contributed by atoms with Gasteiger partial charge in [-0.3, -0.25) is 0 Å². The summed E-state index contributed by atoms with van der Waals surface area (Å²) in [5, 5.41) is 13.2. The molecule has 0 bridgehead atoms. The molecule has 0 aliphatic heterocycles. The molecule has 18 heavy (non-hydrogen) atoms. The second-order valence-corrected chi connectivity index (χ2v) is 6.40. The van der Waals surface area contributed by atoms with E-state index < -0.39 is 0 Å². The first-order chi connectivity index (χ1) is 8.79. The standard InChI is InChI=1S/C15H20BrNO/c16-13-5-2-4-12-11(13)7-8-15(12)17-14-6-1-3-10(14)9-18/h2,4-5,10,14-15,17-18H,1,3,6-9H2/t10-,14+,15+/m0/s1. The van der Waals surface area contributed by atoms with E-state index in [1.165, 1.54) is 41.3 Å². The molecule has 1 fully saturated rings. The van der Waals surface area contributed by atoms with Gasteiger partial charge in [0.25, 0.3) is 0 Å². The number of nitrogens with one attached hydrogen (secondary N) is 1. The lowest BCUT2D eigenvalue weighted by atomic mass is 10.0. The van der Waals surface area contributed by atoms with Crippen molar-refractivity contribution >= 4 is 15.9 Å². The van der Waals surface area contributed by atoms with E-state index in [0.717, 1.165) is 6.42 Å². The predicted octanol–water partition coefficient (Wildman–Crippen LogP) is 3.19. The summed E-state index contributed by atoms with van der Waals surface area (Å²) in [5.74, 6) is 0.459. The van der Waals surface area contributed by atoms with Crippen LogP contribution in [-0.4, -0.2) is 17.8 Å². The maximum Gasteiger partial charge on any atom is 0.0474 e. The van der Waals surface area contributed by atoms with E-state index in [9.17, 15) is 5.11 Å². The lowest BCUT2D eigenvalue weighted by Gasteiger charge is -2.24. The van der Waals surface area contributed by atoms with Gasteiger partial charge in [-0.15, -0.1) is 0 Å². The highest BCUT2D eigenvalue weighted by atomic mass is 79.9. The van der Waals surface area contributed by atoms with Gasteiger partial charge in [0.15, 0.2) is 0 Å². The summed E-state index contributed by atoms with van der Waals surface area (Å²) in [6.45, 7) is 0.329. The molecule has 0 unspecified atom stereocenters. The highest BCUT2D eigenvalue weighted by Gasteiger charge is 2.31. The first-order valence-electron chi connectivity index (χ1n) is 6.94. The van der Waals surface area contributed by atoms with E-state index >= 15 is 0 Å². The molecule has 0 radical (unpaired) electrons. The number of aliphatic hydroxyl groups is 1. The average Bonchev–Trinajstić information content (AvgIpc) is 2.98. The second-order valence-electron chi connectivity index (χ2n) is 5.55. The minimum absolute atomic E-state index is 0.329. The van der Waals surface area contributed by atoms with Crippen molar-refractivity contribution in [2.45, 2.75) is 44.2 Å². The number of aliphatic hydroxyl groups excluding tert-OH is 1. The molecule has 0 spiro atoms. The summed E-state index contributed by atoms with van der Waals surface area (Å²) >= 11 is 3.65. The van der Waals surface area contributed by atoms with Gasteiger partial charge in [-0.2, -0.15) is 0 Å². The maximum atomic E-state index is 9.40. The Morgan fingerprint density at radius 1 is 1.28 bits per heavy atom. The molecule has 1 saturated carbocycles. The van der Waals surface area contributed by atoms with Gasteiger partial charge >= 0.3 is 0 Å². The molecular formula is C15H20BrNO. The molecule has 0 aromatic heterocycles. The summed E-state index contributed by atoms with van der Waals surface area (Å²) in [7, 11) is 0. The molecule has 2 N–H and O–H groups in total. The second kappa shape index (κ2) is 5.32. The SMILES string of the molecule is OC[C@@H]1CCC[C@H]1N[C@@H]1CCc2c(Br)cccc21. The fourth-order valence-electron chi connectivity index (χ4n) is 3.52. The lowest BCUT2D eigenvalue weighted by Crippen LogP contribution is -2.36. The van der Waals surface area contributed by atoms with Crippen molar-refractivity contribution in [3.63, 3.8) is 0 Å². The van der Waals surface area contributed by atoms with Crippen molar-refractivity contribution in [2.75, 3.05) is 6.61 Å². The Bertz CT molecular complexity index is 435. The Hall–Kier alpha value is -0.380. The zero-order chi connectivity index (χ0) is 12.5. The zero-order valence-electron chi connectivity index (χ0n) is 10.5. The minimum Gasteiger partial charge on any atom is -0.396 e. The number of rotatable bonds is 3. The van der Waals surface area contributed by atoms with Gasteiger partial charge in [0.2, 0.25) is 0 Å². The monoisotopic (exact) mass is 309 g/mol. The quantitative estimate of drug-likeness (QED) is 0.899. The van der Waals surface area contributed by atoms with Crippen molar-refractivity contribution in [3.8, 4) is 0 Å². The van der Waals surface area contributed by atoms with Crippen LogP contribution in [0.4, 0.5) is 0 Å². The highest BCUT2D eigenvalue weighted by molar-refractivity contribution is 9.10. The number of hydrogen-bond acceptors (Lipinski definition) is 2. The van der Waals surface area contributed by atoms with Crippen molar-refractivity contribution in [1.29, 1.82) is 0 Å². The molecular weight excluding hydrogens is 290 g/mol. The van der Waals surface area contributed by atoms with Crippen LogP contribution in [0.15, 0.2) is 22.7 Å².